The first kappa shape index (κ1) is 13.7. The maximum Gasteiger partial charge on any atom is 0.0321 e. The van der Waals surface area contributed by atoms with Gasteiger partial charge in [0.05, 0.1) is 0 Å². The van der Waals surface area contributed by atoms with Crippen molar-refractivity contribution >= 4 is 0 Å². The molecule has 102 valence electrons. The van der Waals surface area contributed by atoms with Gasteiger partial charge in [-0.05, 0) is 34.4 Å². The molecule has 3 rings (SSSR count). The lowest BCUT2D eigenvalue weighted by atomic mass is 9.90. The first-order valence-electron chi connectivity index (χ1n) is 7.06. The molecular weight excluding hydrogens is 264 g/mol. The highest BCUT2D eigenvalue weighted by molar-refractivity contribution is 5.88. The van der Waals surface area contributed by atoms with Gasteiger partial charge in [0.2, 0.25) is 0 Å². The number of terminal acetylenes is 2. The van der Waals surface area contributed by atoms with E-state index in [1.54, 1.807) is 0 Å². The third-order valence-electron chi connectivity index (χ3n) is 3.67. The van der Waals surface area contributed by atoms with Gasteiger partial charge >= 0.3 is 0 Å². The van der Waals surface area contributed by atoms with Crippen molar-refractivity contribution in [2.45, 2.75) is 0 Å². The SMILES string of the molecule is C#Cc1ccccc1-c1ccccc1-c1ccccc1C#C. The quantitative estimate of drug-likeness (QED) is 0.580. The van der Waals surface area contributed by atoms with Gasteiger partial charge in [0, 0.05) is 11.1 Å². The van der Waals surface area contributed by atoms with Gasteiger partial charge in [-0.25, -0.2) is 0 Å². The summed E-state index contributed by atoms with van der Waals surface area (Å²) in [6.45, 7) is 0. The molecule has 0 saturated heterocycles. The van der Waals surface area contributed by atoms with Gasteiger partial charge in [-0.1, -0.05) is 72.5 Å². The van der Waals surface area contributed by atoms with Crippen LogP contribution in [0.3, 0.4) is 0 Å². The number of benzene rings is 3. The molecule has 0 saturated carbocycles. The Labute approximate surface area is 131 Å². The Morgan fingerprint density at radius 3 is 1.14 bits per heavy atom. The molecule has 0 spiro atoms. The van der Waals surface area contributed by atoms with Crippen LogP contribution < -0.4 is 0 Å². The van der Waals surface area contributed by atoms with Crippen LogP contribution in [0.2, 0.25) is 0 Å². The van der Waals surface area contributed by atoms with E-state index in [0.29, 0.717) is 0 Å². The Balaban J connectivity index is 2.29. The zero-order valence-corrected chi connectivity index (χ0v) is 12.1. The van der Waals surface area contributed by atoms with Crippen molar-refractivity contribution in [2.24, 2.45) is 0 Å². The third kappa shape index (κ3) is 2.39. The summed E-state index contributed by atoms with van der Waals surface area (Å²) < 4.78 is 0. The maximum absolute atomic E-state index is 5.65. The summed E-state index contributed by atoms with van der Waals surface area (Å²) in [5.74, 6) is 5.52. The summed E-state index contributed by atoms with van der Waals surface area (Å²) in [6, 6.07) is 24.1. The Kier molecular flexibility index (Phi) is 3.78. The molecule has 22 heavy (non-hydrogen) atoms. The highest BCUT2D eigenvalue weighted by Gasteiger charge is 2.11. The van der Waals surface area contributed by atoms with Crippen LogP contribution in [-0.4, -0.2) is 0 Å². The molecule has 0 aliphatic heterocycles. The number of rotatable bonds is 2. The normalized spacial score (nSPS) is 9.73. The van der Waals surface area contributed by atoms with Gasteiger partial charge in [-0.3, -0.25) is 0 Å². The van der Waals surface area contributed by atoms with Gasteiger partial charge in [-0.15, -0.1) is 12.8 Å². The molecule has 0 heterocycles. The lowest BCUT2D eigenvalue weighted by Gasteiger charge is -2.13. The molecule has 0 fully saturated rings. The monoisotopic (exact) mass is 278 g/mol. The third-order valence-corrected chi connectivity index (χ3v) is 3.67. The largest absolute Gasteiger partial charge is 0.115 e. The predicted octanol–water partition coefficient (Wildman–Crippen LogP) is 4.98. The fraction of sp³-hybridized carbons (Fsp3) is 0. The van der Waals surface area contributed by atoms with Crippen molar-refractivity contribution in [3.05, 3.63) is 83.9 Å². The molecule has 0 aromatic heterocycles. The van der Waals surface area contributed by atoms with E-state index in [-0.39, 0.29) is 0 Å². The highest BCUT2D eigenvalue weighted by atomic mass is 14.1. The lowest BCUT2D eigenvalue weighted by Crippen LogP contribution is -1.90. The predicted molar refractivity (Wildman–Crippen MR) is 93.2 cm³/mol. The minimum Gasteiger partial charge on any atom is -0.115 e. The minimum atomic E-state index is 0.883. The zero-order chi connectivity index (χ0) is 15.4. The van der Waals surface area contributed by atoms with Crippen LogP contribution in [0.15, 0.2) is 72.8 Å². The fourth-order valence-corrected chi connectivity index (χ4v) is 2.64. The topological polar surface area (TPSA) is 0 Å². The van der Waals surface area contributed by atoms with E-state index in [0.717, 1.165) is 33.4 Å². The standard InChI is InChI=1S/C22H14/c1-3-17-11-5-7-13-19(17)21-15-9-10-16-22(21)20-14-8-6-12-18(20)4-2/h1-2,5-16H. The van der Waals surface area contributed by atoms with Gasteiger partial charge in [0.25, 0.3) is 0 Å². The summed E-state index contributed by atoms with van der Waals surface area (Å²) in [4.78, 5) is 0. The Hall–Kier alpha value is -3.22. The summed E-state index contributed by atoms with van der Waals surface area (Å²) in [5.41, 5.74) is 6.05. The average Bonchev–Trinajstić information content (AvgIpc) is 2.61. The molecule has 0 amide bonds. The first-order valence-corrected chi connectivity index (χ1v) is 7.06. The molecule has 3 aromatic rings. The second-order valence-electron chi connectivity index (χ2n) is 4.93. The molecule has 3 aromatic carbocycles. The van der Waals surface area contributed by atoms with Crippen LogP contribution in [0.4, 0.5) is 0 Å². The summed E-state index contributed by atoms with van der Waals surface area (Å²) in [6.07, 6.45) is 11.3. The average molecular weight is 278 g/mol. The zero-order valence-electron chi connectivity index (χ0n) is 12.1. The molecule has 0 N–H and O–H groups in total. The second-order valence-corrected chi connectivity index (χ2v) is 4.93. The molecule has 0 aliphatic carbocycles. The van der Waals surface area contributed by atoms with Crippen LogP contribution in [0, 0.1) is 24.7 Å². The summed E-state index contributed by atoms with van der Waals surface area (Å²) in [7, 11) is 0. The summed E-state index contributed by atoms with van der Waals surface area (Å²) >= 11 is 0. The summed E-state index contributed by atoms with van der Waals surface area (Å²) in [5, 5.41) is 0. The van der Waals surface area contributed by atoms with E-state index in [1.165, 1.54) is 0 Å². The maximum atomic E-state index is 5.65. The van der Waals surface area contributed by atoms with E-state index in [9.17, 15) is 0 Å². The van der Waals surface area contributed by atoms with Crippen molar-refractivity contribution in [1.29, 1.82) is 0 Å². The van der Waals surface area contributed by atoms with Crippen molar-refractivity contribution in [2.75, 3.05) is 0 Å². The van der Waals surface area contributed by atoms with Crippen LogP contribution in [-0.2, 0) is 0 Å². The van der Waals surface area contributed by atoms with Crippen LogP contribution >= 0.6 is 0 Å². The Morgan fingerprint density at radius 1 is 0.455 bits per heavy atom. The van der Waals surface area contributed by atoms with Crippen molar-refractivity contribution in [3.8, 4) is 46.9 Å². The molecular formula is C22H14. The Morgan fingerprint density at radius 2 is 0.773 bits per heavy atom. The van der Waals surface area contributed by atoms with E-state index in [2.05, 4.69) is 24.0 Å². The van der Waals surface area contributed by atoms with Crippen LogP contribution in [0.1, 0.15) is 11.1 Å². The van der Waals surface area contributed by atoms with E-state index in [1.807, 2.05) is 60.7 Å². The highest BCUT2D eigenvalue weighted by Crippen LogP contribution is 2.35. The van der Waals surface area contributed by atoms with Gasteiger partial charge in [-0.2, -0.15) is 0 Å². The van der Waals surface area contributed by atoms with E-state index >= 15 is 0 Å². The smallest absolute Gasteiger partial charge is 0.0321 e. The first-order chi connectivity index (χ1) is 10.8. The van der Waals surface area contributed by atoms with Gasteiger partial charge in [0.15, 0.2) is 0 Å². The fourth-order valence-electron chi connectivity index (χ4n) is 2.64. The molecule has 0 aliphatic rings. The lowest BCUT2D eigenvalue weighted by molar-refractivity contribution is 1.55. The van der Waals surface area contributed by atoms with Crippen LogP contribution in [0.5, 0.6) is 0 Å². The molecule has 0 unspecified atom stereocenters. The molecule has 0 nitrogen and oxygen atoms in total. The van der Waals surface area contributed by atoms with Crippen molar-refractivity contribution in [3.63, 3.8) is 0 Å². The second kappa shape index (κ2) is 6.04. The number of hydrogen-bond donors (Lipinski definition) is 0. The molecule has 0 radical (unpaired) electrons. The molecule has 0 bridgehead atoms. The molecule has 0 atom stereocenters. The van der Waals surface area contributed by atoms with Crippen molar-refractivity contribution in [1.82, 2.24) is 0 Å². The van der Waals surface area contributed by atoms with Crippen molar-refractivity contribution < 1.29 is 0 Å². The van der Waals surface area contributed by atoms with E-state index < -0.39 is 0 Å². The van der Waals surface area contributed by atoms with Crippen LogP contribution in [0.25, 0.3) is 22.3 Å². The van der Waals surface area contributed by atoms with Gasteiger partial charge < -0.3 is 0 Å². The van der Waals surface area contributed by atoms with E-state index in [4.69, 9.17) is 12.8 Å². The van der Waals surface area contributed by atoms with Gasteiger partial charge in [0.1, 0.15) is 0 Å². The number of hydrogen-bond acceptors (Lipinski definition) is 0. The Bertz CT molecular complexity index is 825. The molecule has 0 heteroatoms. The minimum absolute atomic E-state index is 0.883.